The zero-order valence-electron chi connectivity index (χ0n) is 11.2. The Kier molecular flexibility index (Phi) is 4.37. The van der Waals surface area contributed by atoms with E-state index in [0.29, 0.717) is 16.9 Å². The number of fused-ring (bicyclic) bond motifs is 1. The van der Waals surface area contributed by atoms with Crippen LogP contribution in [-0.4, -0.2) is 32.4 Å². The maximum absolute atomic E-state index is 12.1. The molecule has 20 heavy (non-hydrogen) atoms. The van der Waals surface area contributed by atoms with Gasteiger partial charge >= 0.3 is 5.97 Å². The molecule has 0 aliphatic carbocycles. The largest absolute Gasteiger partial charge is 0.467 e. The van der Waals surface area contributed by atoms with Crippen LogP contribution in [0.4, 0.5) is 0 Å². The average molecular weight is 276 g/mol. The molecule has 1 heterocycles. The summed E-state index contributed by atoms with van der Waals surface area (Å²) in [5.74, 6) is -0.774. The van der Waals surface area contributed by atoms with Crippen molar-refractivity contribution < 1.29 is 23.8 Å². The van der Waals surface area contributed by atoms with Crippen LogP contribution in [0.15, 0.2) is 23.9 Å². The summed E-state index contributed by atoms with van der Waals surface area (Å²) in [6.07, 6.45) is 1.51. The fourth-order valence-electron chi connectivity index (χ4n) is 1.79. The molecule has 1 amide bonds. The second kappa shape index (κ2) is 6.21. The number of ether oxygens (including phenoxy) is 3. The molecule has 1 aromatic rings. The van der Waals surface area contributed by atoms with Crippen LogP contribution >= 0.6 is 0 Å². The average Bonchev–Trinajstić information content (AvgIpc) is 2.44. The van der Waals surface area contributed by atoms with E-state index < -0.39 is 11.9 Å². The maximum Gasteiger partial charge on any atom is 0.357 e. The van der Waals surface area contributed by atoms with Crippen molar-refractivity contribution in [3.05, 3.63) is 35.0 Å². The van der Waals surface area contributed by atoms with E-state index in [4.69, 9.17) is 14.2 Å². The zero-order chi connectivity index (χ0) is 14.5. The van der Waals surface area contributed by atoms with Crippen molar-refractivity contribution in [2.75, 3.05) is 20.5 Å². The molecule has 6 nitrogen and oxygen atoms in total. The number of nitrogens with zero attached hydrogens (tertiary/aromatic N) is 1. The van der Waals surface area contributed by atoms with Gasteiger partial charge in [0.05, 0.1) is 12.2 Å². The molecule has 0 bridgehead atoms. The lowest BCUT2D eigenvalue weighted by Crippen LogP contribution is -2.27. The molecule has 1 aromatic carbocycles. The van der Waals surface area contributed by atoms with Crippen LogP contribution in [-0.2, 0) is 14.3 Å². The van der Waals surface area contributed by atoms with Crippen molar-refractivity contribution in [2.24, 2.45) is 0 Å². The second-order valence-electron chi connectivity index (χ2n) is 3.94. The molecule has 0 fully saturated rings. The van der Waals surface area contributed by atoms with Crippen LogP contribution in [0.1, 0.15) is 22.8 Å². The molecule has 0 saturated heterocycles. The van der Waals surface area contributed by atoms with E-state index in [1.807, 2.05) is 0 Å². The van der Waals surface area contributed by atoms with E-state index in [-0.39, 0.29) is 19.1 Å². The lowest BCUT2D eigenvalue weighted by atomic mass is 10.0. The first kappa shape index (κ1) is 14.1. The molecule has 2 rings (SSSR count). The Labute approximate surface area is 116 Å². The predicted molar refractivity (Wildman–Crippen MR) is 70.0 cm³/mol. The van der Waals surface area contributed by atoms with E-state index in [1.165, 1.54) is 13.2 Å². The normalized spacial score (nSPS) is 13.1. The van der Waals surface area contributed by atoms with Crippen LogP contribution in [0, 0.1) is 0 Å². The fraction of sp³-hybridized carbons (Fsp3) is 0.286. The van der Waals surface area contributed by atoms with Gasteiger partial charge in [-0.3, -0.25) is 4.79 Å². The molecule has 0 spiro atoms. The summed E-state index contributed by atoms with van der Waals surface area (Å²) in [5.41, 5.74) is 0.882. The first-order valence-electron chi connectivity index (χ1n) is 6.07. The van der Waals surface area contributed by atoms with E-state index >= 15 is 0 Å². The Bertz CT molecular complexity index is 565. The molecule has 105 valence electrons. The first-order chi connectivity index (χ1) is 9.67. The SMILES string of the molecule is CCOC(=O)C1=Cc2cccc(OCOC)c2C(=O)[N]1. The Hall–Kier alpha value is -2.34. The first-order valence-corrected chi connectivity index (χ1v) is 6.07. The third-order valence-corrected chi connectivity index (χ3v) is 2.60. The third kappa shape index (κ3) is 2.80. The maximum atomic E-state index is 12.1. The molecule has 0 saturated carbocycles. The number of esters is 1. The summed E-state index contributed by atoms with van der Waals surface area (Å²) >= 11 is 0. The number of carbonyl (C=O) groups is 2. The molecule has 1 aliphatic heterocycles. The van der Waals surface area contributed by atoms with Gasteiger partial charge < -0.3 is 14.2 Å². The van der Waals surface area contributed by atoms with Crippen molar-refractivity contribution in [3.8, 4) is 5.75 Å². The van der Waals surface area contributed by atoms with Gasteiger partial charge in [-0.25, -0.2) is 10.1 Å². The number of amides is 1. The van der Waals surface area contributed by atoms with E-state index in [0.717, 1.165) is 0 Å². The van der Waals surface area contributed by atoms with E-state index in [1.54, 1.807) is 25.1 Å². The molecule has 6 heteroatoms. The van der Waals surface area contributed by atoms with Gasteiger partial charge in [-0.1, -0.05) is 12.1 Å². The zero-order valence-corrected chi connectivity index (χ0v) is 11.2. The molecule has 0 aromatic heterocycles. The van der Waals surface area contributed by atoms with Gasteiger partial charge in [0.25, 0.3) is 5.91 Å². The van der Waals surface area contributed by atoms with Crippen molar-refractivity contribution in [1.29, 1.82) is 0 Å². The monoisotopic (exact) mass is 276 g/mol. The van der Waals surface area contributed by atoms with E-state index in [9.17, 15) is 9.59 Å². The minimum Gasteiger partial charge on any atom is -0.467 e. The topological polar surface area (TPSA) is 75.9 Å². The highest BCUT2D eigenvalue weighted by atomic mass is 16.7. The standard InChI is InChI=1S/C14H14NO5/c1-3-19-14(17)10-7-9-5-4-6-11(20-8-18-2)12(9)13(16)15-10/h4-7H,3,8H2,1-2H3. The van der Waals surface area contributed by atoms with Gasteiger partial charge in [0.1, 0.15) is 5.75 Å². The molecule has 0 unspecified atom stereocenters. The Morgan fingerprint density at radius 2 is 2.15 bits per heavy atom. The van der Waals surface area contributed by atoms with Gasteiger partial charge in [-0.05, 0) is 24.6 Å². The summed E-state index contributed by atoms with van der Waals surface area (Å²) in [6.45, 7) is 1.94. The van der Waals surface area contributed by atoms with Crippen molar-refractivity contribution >= 4 is 18.0 Å². The lowest BCUT2D eigenvalue weighted by Gasteiger charge is -2.17. The highest BCUT2D eigenvalue weighted by Gasteiger charge is 2.27. The molecule has 1 aliphatic rings. The van der Waals surface area contributed by atoms with E-state index in [2.05, 4.69) is 5.32 Å². The Morgan fingerprint density at radius 3 is 2.85 bits per heavy atom. The fourth-order valence-corrected chi connectivity index (χ4v) is 1.79. The van der Waals surface area contributed by atoms with Crippen LogP contribution in [0.25, 0.3) is 6.08 Å². The van der Waals surface area contributed by atoms with Crippen LogP contribution < -0.4 is 10.1 Å². The minimum atomic E-state index is -0.616. The smallest absolute Gasteiger partial charge is 0.357 e. The minimum absolute atomic E-state index is 0.00626. The summed E-state index contributed by atoms with van der Waals surface area (Å²) in [4.78, 5) is 23.7. The number of benzene rings is 1. The molecular formula is C14H14NO5. The van der Waals surface area contributed by atoms with Crippen LogP contribution in [0.5, 0.6) is 5.75 Å². The molecule has 0 N–H and O–H groups in total. The summed E-state index contributed by atoms with van der Waals surface area (Å²) < 4.78 is 15.0. The van der Waals surface area contributed by atoms with Crippen molar-refractivity contribution in [3.63, 3.8) is 0 Å². The molecule has 0 atom stereocenters. The van der Waals surface area contributed by atoms with Crippen LogP contribution in [0.2, 0.25) is 0 Å². The van der Waals surface area contributed by atoms with Crippen LogP contribution in [0.3, 0.4) is 0 Å². The summed E-state index contributed by atoms with van der Waals surface area (Å²) in [7, 11) is 1.49. The molecule has 1 radical (unpaired) electrons. The number of carbonyl (C=O) groups excluding carboxylic acids is 2. The molecular weight excluding hydrogens is 262 g/mol. The van der Waals surface area contributed by atoms with Gasteiger partial charge in [-0.2, -0.15) is 0 Å². The van der Waals surface area contributed by atoms with Gasteiger partial charge in [-0.15, -0.1) is 0 Å². The van der Waals surface area contributed by atoms with Crippen molar-refractivity contribution in [1.82, 2.24) is 5.32 Å². The second-order valence-corrected chi connectivity index (χ2v) is 3.94. The highest BCUT2D eigenvalue weighted by Crippen LogP contribution is 2.28. The Morgan fingerprint density at radius 1 is 1.35 bits per heavy atom. The summed E-state index contributed by atoms with van der Waals surface area (Å²) in [6, 6.07) is 5.08. The van der Waals surface area contributed by atoms with Gasteiger partial charge in [0, 0.05) is 7.11 Å². The third-order valence-electron chi connectivity index (χ3n) is 2.60. The lowest BCUT2D eigenvalue weighted by molar-refractivity contribution is -0.138. The number of rotatable bonds is 5. The Balaban J connectivity index is 2.35. The highest BCUT2D eigenvalue weighted by molar-refractivity contribution is 6.10. The predicted octanol–water partition coefficient (Wildman–Crippen LogP) is 1.33. The van der Waals surface area contributed by atoms with Crippen molar-refractivity contribution in [2.45, 2.75) is 6.92 Å². The number of hydrogen-bond donors (Lipinski definition) is 0. The number of hydrogen-bond acceptors (Lipinski definition) is 5. The number of methoxy groups -OCH3 is 1. The van der Waals surface area contributed by atoms with Gasteiger partial charge in [0.2, 0.25) is 0 Å². The summed E-state index contributed by atoms with van der Waals surface area (Å²) in [5, 5.41) is 3.74. The van der Waals surface area contributed by atoms with Gasteiger partial charge in [0.15, 0.2) is 12.5 Å². The quantitative estimate of drug-likeness (QED) is 0.599.